The highest BCUT2D eigenvalue weighted by atomic mass is 35.5. The average molecular weight is 327 g/mol. The third-order valence-electron chi connectivity index (χ3n) is 3.06. The lowest BCUT2D eigenvalue weighted by molar-refractivity contribution is -0.137. The van der Waals surface area contributed by atoms with E-state index < -0.39 is 11.6 Å². The first-order valence-electron chi connectivity index (χ1n) is 6.44. The Morgan fingerprint density at radius 1 is 1.48 bits per heavy atom. The van der Waals surface area contributed by atoms with Crippen LogP contribution in [0.5, 0.6) is 5.75 Å². The number of Topliss-reactive ketones (excluding diaryl/α,β-unsaturated/α-hetero) is 1. The van der Waals surface area contributed by atoms with Gasteiger partial charge in [0.15, 0.2) is 0 Å². The molecule has 6 heteroatoms. The monoisotopic (exact) mass is 326 g/mol. The van der Waals surface area contributed by atoms with Gasteiger partial charge in [-0.05, 0) is 18.2 Å². The van der Waals surface area contributed by atoms with Gasteiger partial charge >= 0.3 is 0 Å². The molecule has 2 aromatic rings. The summed E-state index contributed by atoms with van der Waals surface area (Å²) >= 11 is 11.8. The van der Waals surface area contributed by atoms with E-state index in [-0.39, 0.29) is 11.7 Å². The third-order valence-corrected chi connectivity index (χ3v) is 3.97. The number of benzene rings is 1. The normalized spacial score (nSPS) is 13.0. The molecule has 0 saturated heterocycles. The van der Waals surface area contributed by atoms with Gasteiger partial charge in [-0.15, -0.1) is 11.6 Å². The fourth-order valence-electron chi connectivity index (χ4n) is 1.73. The van der Waals surface area contributed by atoms with Gasteiger partial charge in [-0.25, -0.2) is 4.98 Å². The molecule has 0 amide bonds. The van der Waals surface area contributed by atoms with Crippen LogP contribution in [0.1, 0.15) is 20.1 Å². The second kappa shape index (κ2) is 6.50. The summed E-state index contributed by atoms with van der Waals surface area (Å²) in [6.45, 7) is 3.57. The molecule has 0 aliphatic rings. The number of alkyl halides is 1. The second-order valence-electron chi connectivity index (χ2n) is 5.32. The number of rotatable bonds is 6. The minimum Gasteiger partial charge on any atom is -0.463 e. The summed E-state index contributed by atoms with van der Waals surface area (Å²) in [5, 5.41) is 0.543. The maximum absolute atomic E-state index is 12.7. The van der Waals surface area contributed by atoms with Crippen LogP contribution in [0.2, 0.25) is 5.02 Å². The molecule has 1 aromatic carbocycles. The van der Waals surface area contributed by atoms with E-state index in [9.17, 15) is 4.79 Å². The minimum atomic E-state index is -0.834. The van der Waals surface area contributed by atoms with E-state index in [1.807, 2.05) is 0 Å². The first-order chi connectivity index (χ1) is 9.94. The van der Waals surface area contributed by atoms with Crippen LogP contribution in [0.15, 0.2) is 43.0 Å². The van der Waals surface area contributed by atoms with E-state index in [0.717, 1.165) is 0 Å². The van der Waals surface area contributed by atoms with E-state index in [4.69, 9.17) is 27.9 Å². The lowest BCUT2D eigenvalue weighted by atomic mass is 9.89. The number of hydrogen-bond acceptors (Lipinski definition) is 3. The molecule has 0 aliphatic heterocycles. The number of imidazole rings is 1. The van der Waals surface area contributed by atoms with E-state index >= 15 is 0 Å². The molecule has 0 spiro atoms. The molecule has 1 atom stereocenters. The van der Waals surface area contributed by atoms with E-state index in [1.54, 1.807) is 55.1 Å². The summed E-state index contributed by atoms with van der Waals surface area (Å²) < 4.78 is 7.43. The minimum absolute atomic E-state index is 0.129. The smallest absolute Gasteiger partial charge is 0.236 e. The van der Waals surface area contributed by atoms with Crippen molar-refractivity contribution < 1.29 is 9.53 Å². The first kappa shape index (κ1) is 15.9. The molecule has 0 bridgehead atoms. The van der Waals surface area contributed by atoms with Crippen molar-refractivity contribution in [1.82, 2.24) is 9.55 Å². The first-order valence-corrected chi connectivity index (χ1v) is 7.35. The number of halogens is 2. The van der Waals surface area contributed by atoms with Gasteiger partial charge in [-0.2, -0.15) is 0 Å². The van der Waals surface area contributed by atoms with Crippen LogP contribution in [-0.4, -0.2) is 21.2 Å². The highest BCUT2D eigenvalue weighted by Crippen LogP contribution is 2.29. The Kier molecular flexibility index (Phi) is 4.91. The largest absolute Gasteiger partial charge is 0.463 e. The Bertz CT molecular complexity index is 612. The molecule has 1 aromatic heterocycles. The van der Waals surface area contributed by atoms with Gasteiger partial charge in [0.1, 0.15) is 5.75 Å². The molecule has 0 aliphatic carbocycles. The van der Waals surface area contributed by atoms with E-state index in [2.05, 4.69) is 4.98 Å². The second-order valence-corrected chi connectivity index (χ2v) is 6.02. The number of ether oxygens (including phenoxy) is 1. The molecule has 0 radical (unpaired) electrons. The summed E-state index contributed by atoms with van der Waals surface area (Å²) in [6.07, 6.45) is 3.98. The van der Waals surface area contributed by atoms with Crippen LogP contribution < -0.4 is 4.74 Å². The zero-order valence-corrected chi connectivity index (χ0v) is 13.3. The number of nitrogens with zero attached hydrogens (tertiary/aromatic N) is 2. The van der Waals surface area contributed by atoms with Crippen LogP contribution in [0, 0.1) is 5.41 Å². The predicted molar refractivity (Wildman–Crippen MR) is 82.9 cm³/mol. The Morgan fingerprint density at radius 2 is 2.24 bits per heavy atom. The number of aromatic nitrogens is 2. The van der Waals surface area contributed by atoms with Crippen molar-refractivity contribution >= 4 is 29.0 Å². The van der Waals surface area contributed by atoms with E-state index in [0.29, 0.717) is 10.8 Å². The molecule has 1 heterocycles. The topological polar surface area (TPSA) is 44.1 Å². The standard InChI is InChI=1S/C15H16Cl2N2O2/c1-15(2,9-16)13(20)14(19-7-6-18-10-19)21-12-5-3-4-11(17)8-12/h3-8,10,14H,9H2,1-2H3. The molecule has 0 saturated carbocycles. The van der Waals surface area contributed by atoms with Crippen LogP contribution in [0.4, 0.5) is 0 Å². The number of hydrogen-bond donors (Lipinski definition) is 0. The Balaban J connectivity index is 2.32. The Morgan fingerprint density at radius 3 is 2.81 bits per heavy atom. The summed E-state index contributed by atoms with van der Waals surface area (Å²) in [5.41, 5.74) is -0.713. The summed E-state index contributed by atoms with van der Waals surface area (Å²) in [7, 11) is 0. The zero-order valence-electron chi connectivity index (χ0n) is 11.8. The van der Waals surface area contributed by atoms with Crippen molar-refractivity contribution in [3.63, 3.8) is 0 Å². The van der Waals surface area contributed by atoms with Crippen LogP contribution in [0.3, 0.4) is 0 Å². The Labute approximate surface area is 133 Å². The van der Waals surface area contributed by atoms with Crippen molar-refractivity contribution in [3.8, 4) is 5.75 Å². The fourth-order valence-corrected chi connectivity index (χ4v) is 2.04. The maximum atomic E-state index is 12.7. The highest BCUT2D eigenvalue weighted by Gasteiger charge is 2.35. The fraction of sp³-hybridized carbons (Fsp3) is 0.333. The van der Waals surface area contributed by atoms with E-state index in [1.165, 1.54) is 6.33 Å². The van der Waals surface area contributed by atoms with Gasteiger partial charge in [0, 0.05) is 28.7 Å². The maximum Gasteiger partial charge on any atom is 0.236 e. The van der Waals surface area contributed by atoms with Gasteiger partial charge < -0.3 is 4.74 Å². The van der Waals surface area contributed by atoms with Crippen molar-refractivity contribution in [2.75, 3.05) is 5.88 Å². The van der Waals surface area contributed by atoms with Crippen molar-refractivity contribution in [3.05, 3.63) is 48.0 Å². The van der Waals surface area contributed by atoms with Gasteiger partial charge in [-0.3, -0.25) is 9.36 Å². The predicted octanol–water partition coefficient (Wildman–Crippen LogP) is 3.95. The summed E-state index contributed by atoms with van der Waals surface area (Å²) in [5.74, 6) is 0.589. The summed E-state index contributed by atoms with van der Waals surface area (Å²) in [6, 6.07) is 6.91. The van der Waals surface area contributed by atoms with Crippen molar-refractivity contribution in [2.45, 2.75) is 20.1 Å². The van der Waals surface area contributed by atoms with Gasteiger partial charge in [-0.1, -0.05) is 31.5 Å². The molecule has 0 N–H and O–H groups in total. The molecule has 2 rings (SSSR count). The third kappa shape index (κ3) is 3.77. The highest BCUT2D eigenvalue weighted by molar-refractivity contribution is 6.30. The number of carbonyl (C=O) groups excluding carboxylic acids is 1. The van der Waals surface area contributed by atoms with Crippen LogP contribution in [0.25, 0.3) is 0 Å². The molecule has 4 nitrogen and oxygen atoms in total. The van der Waals surface area contributed by atoms with Crippen LogP contribution in [-0.2, 0) is 4.79 Å². The number of carbonyl (C=O) groups is 1. The molecule has 1 unspecified atom stereocenters. The van der Waals surface area contributed by atoms with Crippen LogP contribution >= 0.6 is 23.2 Å². The SMILES string of the molecule is CC(C)(CCl)C(=O)C(Oc1cccc(Cl)c1)n1ccnc1. The quantitative estimate of drug-likeness (QED) is 0.755. The number of ketones is 1. The van der Waals surface area contributed by atoms with Gasteiger partial charge in [0.25, 0.3) is 0 Å². The molecule has 112 valence electrons. The van der Waals surface area contributed by atoms with Crippen molar-refractivity contribution in [1.29, 1.82) is 0 Å². The lowest BCUT2D eigenvalue weighted by Crippen LogP contribution is -2.36. The molecule has 0 fully saturated rings. The lowest BCUT2D eigenvalue weighted by Gasteiger charge is -2.27. The summed E-state index contributed by atoms with van der Waals surface area (Å²) in [4.78, 5) is 16.7. The zero-order chi connectivity index (χ0) is 15.5. The van der Waals surface area contributed by atoms with Crippen molar-refractivity contribution in [2.24, 2.45) is 5.41 Å². The Hall–Kier alpha value is -1.52. The molecular formula is C15H16Cl2N2O2. The average Bonchev–Trinajstić information content (AvgIpc) is 2.98. The molecule has 21 heavy (non-hydrogen) atoms. The molecular weight excluding hydrogens is 311 g/mol. The van der Waals surface area contributed by atoms with Gasteiger partial charge in [0.05, 0.1) is 6.33 Å². The van der Waals surface area contributed by atoms with Gasteiger partial charge in [0.2, 0.25) is 12.0 Å².